The molecule has 2 amide bonds. The van der Waals surface area contributed by atoms with Crippen LogP contribution in [0.3, 0.4) is 0 Å². The third kappa shape index (κ3) is 7.40. The second-order valence-electron chi connectivity index (χ2n) is 7.90. The van der Waals surface area contributed by atoms with E-state index < -0.39 is 5.91 Å². The number of aryl methyl sites for hydroxylation is 1. The van der Waals surface area contributed by atoms with Crippen molar-refractivity contribution in [2.75, 3.05) is 50.1 Å². The Hall–Kier alpha value is -2.71. The Morgan fingerprint density at radius 3 is 2.61 bits per heavy atom. The number of carbonyl (C=O) groups is 3. The van der Waals surface area contributed by atoms with Crippen LogP contribution >= 0.6 is 34.0 Å². The lowest BCUT2D eigenvalue weighted by molar-refractivity contribution is -0.142. The minimum absolute atomic E-state index is 0.0466. The third-order valence-corrected chi connectivity index (χ3v) is 7.86. The fourth-order valence-corrected chi connectivity index (χ4v) is 5.84. The number of hydrogen-bond acceptors (Lipinski definition) is 11. The highest BCUT2D eigenvalue weighted by Gasteiger charge is 2.18. The summed E-state index contributed by atoms with van der Waals surface area (Å²) in [7, 11) is 0. The van der Waals surface area contributed by atoms with Crippen molar-refractivity contribution in [2.45, 2.75) is 26.2 Å². The summed E-state index contributed by atoms with van der Waals surface area (Å²) in [6.45, 7) is 6.48. The number of amides is 2. The zero-order valence-corrected chi connectivity index (χ0v) is 22.2. The van der Waals surface area contributed by atoms with Gasteiger partial charge in [-0.1, -0.05) is 0 Å². The highest BCUT2D eigenvalue weighted by atomic mass is 32.1. The molecule has 4 rings (SSSR count). The molecule has 0 aliphatic carbocycles. The minimum atomic E-state index is -0.441. The summed E-state index contributed by atoms with van der Waals surface area (Å²) in [5.74, 6) is -1.04. The number of anilines is 2. The molecule has 36 heavy (non-hydrogen) atoms. The van der Waals surface area contributed by atoms with E-state index in [4.69, 9.17) is 9.47 Å². The van der Waals surface area contributed by atoms with Crippen LogP contribution in [0.2, 0.25) is 0 Å². The highest BCUT2D eigenvalue weighted by molar-refractivity contribution is 7.15. The summed E-state index contributed by atoms with van der Waals surface area (Å²) in [6.07, 6.45) is 1.84. The van der Waals surface area contributed by atoms with Gasteiger partial charge in [0.2, 0.25) is 0 Å². The van der Waals surface area contributed by atoms with Crippen LogP contribution in [-0.2, 0) is 27.1 Å². The van der Waals surface area contributed by atoms with Crippen molar-refractivity contribution in [2.24, 2.45) is 0 Å². The van der Waals surface area contributed by atoms with Crippen molar-refractivity contribution in [3.63, 3.8) is 0 Å². The third-order valence-electron chi connectivity index (χ3n) is 5.34. The van der Waals surface area contributed by atoms with E-state index in [1.807, 2.05) is 11.4 Å². The molecule has 0 aromatic carbocycles. The molecule has 0 bridgehead atoms. The summed E-state index contributed by atoms with van der Waals surface area (Å²) in [5, 5.41) is 11.4. The minimum Gasteiger partial charge on any atom is -0.466 e. The van der Waals surface area contributed by atoms with Gasteiger partial charge in [-0.05, 0) is 43.3 Å². The summed E-state index contributed by atoms with van der Waals surface area (Å²) in [6, 6.07) is 1.99. The van der Waals surface area contributed by atoms with E-state index in [2.05, 4.69) is 25.5 Å². The summed E-state index contributed by atoms with van der Waals surface area (Å²) in [5.41, 5.74) is 1.72. The van der Waals surface area contributed by atoms with E-state index in [0.29, 0.717) is 27.4 Å². The van der Waals surface area contributed by atoms with Gasteiger partial charge in [-0.2, -0.15) is 0 Å². The van der Waals surface area contributed by atoms with Crippen molar-refractivity contribution >= 4 is 62.1 Å². The molecular formula is C23H27N5O5S3. The Balaban J connectivity index is 1.27. The number of morpholine rings is 1. The smallest absolute Gasteiger partial charge is 0.311 e. The fourth-order valence-electron chi connectivity index (χ4n) is 3.61. The SMILES string of the molecule is CCOC(=O)Cc1csc(NC(=O)c2csc(NC(=O)c3sccc3CCCN3CCOCC3)n2)n1. The fraction of sp³-hybridized carbons (Fsp3) is 0.435. The Kier molecular flexibility index (Phi) is 9.53. The monoisotopic (exact) mass is 549 g/mol. The van der Waals surface area contributed by atoms with Crippen molar-refractivity contribution in [3.05, 3.63) is 44.0 Å². The van der Waals surface area contributed by atoms with Gasteiger partial charge in [0.15, 0.2) is 10.3 Å². The molecule has 0 unspecified atom stereocenters. The van der Waals surface area contributed by atoms with Gasteiger partial charge >= 0.3 is 5.97 Å². The largest absolute Gasteiger partial charge is 0.466 e. The number of hydrogen-bond donors (Lipinski definition) is 2. The van der Waals surface area contributed by atoms with Gasteiger partial charge in [0, 0.05) is 23.8 Å². The average Bonchev–Trinajstić information content (AvgIpc) is 3.62. The molecule has 1 aliphatic rings. The molecule has 1 saturated heterocycles. The maximum Gasteiger partial charge on any atom is 0.311 e. The lowest BCUT2D eigenvalue weighted by Crippen LogP contribution is -2.36. The van der Waals surface area contributed by atoms with Gasteiger partial charge in [-0.25, -0.2) is 9.97 Å². The van der Waals surface area contributed by atoms with Gasteiger partial charge in [-0.15, -0.1) is 34.0 Å². The molecule has 192 valence electrons. The van der Waals surface area contributed by atoms with Gasteiger partial charge in [0.25, 0.3) is 11.8 Å². The predicted octanol–water partition coefficient (Wildman–Crippen LogP) is 3.54. The van der Waals surface area contributed by atoms with Crippen LogP contribution in [0.15, 0.2) is 22.2 Å². The van der Waals surface area contributed by atoms with E-state index in [0.717, 1.165) is 51.3 Å². The number of carbonyl (C=O) groups excluding carboxylic acids is 3. The number of ether oxygens (including phenoxy) is 2. The first-order chi connectivity index (χ1) is 17.5. The highest BCUT2D eigenvalue weighted by Crippen LogP contribution is 2.23. The molecule has 0 atom stereocenters. The first-order valence-corrected chi connectivity index (χ1v) is 14.2. The number of thiazole rings is 2. The van der Waals surface area contributed by atoms with Crippen LogP contribution in [0.4, 0.5) is 10.3 Å². The lowest BCUT2D eigenvalue weighted by Gasteiger charge is -2.26. The molecular weight excluding hydrogens is 522 g/mol. The van der Waals surface area contributed by atoms with E-state index >= 15 is 0 Å². The number of nitrogens with zero attached hydrogens (tertiary/aromatic N) is 3. The number of aromatic nitrogens is 2. The summed E-state index contributed by atoms with van der Waals surface area (Å²) < 4.78 is 10.3. The number of esters is 1. The van der Waals surface area contributed by atoms with Gasteiger partial charge in [0.1, 0.15) is 5.69 Å². The molecule has 4 heterocycles. The molecule has 3 aromatic rings. The Bertz CT molecular complexity index is 1180. The van der Waals surface area contributed by atoms with Gasteiger partial charge in [0.05, 0.1) is 36.8 Å². The average molecular weight is 550 g/mol. The zero-order chi connectivity index (χ0) is 25.3. The van der Waals surface area contributed by atoms with Crippen LogP contribution in [0.25, 0.3) is 0 Å². The maximum absolute atomic E-state index is 12.9. The number of nitrogens with one attached hydrogen (secondary N) is 2. The van der Waals surface area contributed by atoms with E-state index in [9.17, 15) is 14.4 Å². The summed E-state index contributed by atoms with van der Waals surface area (Å²) in [4.78, 5) is 48.5. The van der Waals surface area contributed by atoms with Crippen LogP contribution < -0.4 is 10.6 Å². The molecule has 0 spiro atoms. The predicted molar refractivity (Wildman–Crippen MR) is 140 cm³/mol. The molecule has 0 radical (unpaired) electrons. The summed E-state index contributed by atoms with van der Waals surface area (Å²) >= 11 is 3.79. The topological polar surface area (TPSA) is 123 Å². The lowest BCUT2D eigenvalue weighted by atomic mass is 10.1. The van der Waals surface area contributed by atoms with E-state index in [1.165, 1.54) is 34.0 Å². The van der Waals surface area contributed by atoms with Crippen LogP contribution in [0, 0.1) is 0 Å². The molecule has 3 aromatic heterocycles. The number of thiophene rings is 1. The molecule has 1 fully saturated rings. The molecule has 10 nitrogen and oxygen atoms in total. The Morgan fingerprint density at radius 1 is 1.06 bits per heavy atom. The molecule has 2 N–H and O–H groups in total. The van der Waals surface area contributed by atoms with Crippen LogP contribution in [0.1, 0.15) is 44.8 Å². The molecule has 1 aliphatic heterocycles. The quantitative estimate of drug-likeness (QED) is 0.348. The maximum atomic E-state index is 12.9. The van der Waals surface area contributed by atoms with Crippen molar-refractivity contribution in [1.82, 2.24) is 14.9 Å². The number of rotatable bonds is 11. The van der Waals surface area contributed by atoms with Crippen molar-refractivity contribution < 1.29 is 23.9 Å². The van der Waals surface area contributed by atoms with Crippen LogP contribution in [-0.4, -0.2) is 72.1 Å². The van der Waals surface area contributed by atoms with Gasteiger partial charge < -0.3 is 9.47 Å². The molecule has 0 saturated carbocycles. The first-order valence-electron chi connectivity index (χ1n) is 11.6. The standard InChI is InChI=1S/C23H27N5O5S3/c1-2-33-18(29)12-16-13-35-22(24-16)26-20(30)17-14-36-23(25-17)27-21(31)19-15(5-11-34-19)4-3-6-28-7-9-32-10-8-28/h5,11,13-14H,2-4,6-10,12H2,1H3,(H,24,26,30)(H,25,27,31). The van der Waals surface area contributed by atoms with Crippen molar-refractivity contribution in [3.8, 4) is 0 Å². The Morgan fingerprint density at radius 2 is 1.81 bits per heavy atom. The van der Waals surface area contributed by atoms with Crippen LogP contribution in [0.5, 0.6) is 0 Å². The Labute approximate surface area is 220 Å². The first kappa shape index (κ1) is 26.4. The second kappa shape index (κ2) is 13.0. The normalized spacial score (nSPS) is 13.9. The van der Waals surface area contributed by atoms with E-state index in [-0.39, 0.29) is 24.0 Å². The van der Waals surface area contributed by atoms with E-state index in [1.54, 1.807) is 17.7 Å². The van der Waals surface area contributed by atoms with Gasteiger partial charge in [-0.3, -0.25) is 29.9 Å². The van der Waals surface area contributed by atoms with Crippen molar-refractivity contribution in [1.29, 1.82) is 0 Å². The second-order valence-corrected chi connectivity index (χ2v) is 10.5. The molecule has 13 heteroatoms. The zero-order valence-electron chi connectivity index (χ0n) is 19.8.